The lowest BCUT2D eigenvalue weighted by Crippen LogP contribution is -2.36. The number of fused-ring (bicyclic) bond motifs is 1. The maximum atomic E-state index is 12.7. The van der Waals surface area contributed by atoms with Gasteiger partial charge < -0.3 is 14.4 Å². The number of carbonyl (C=O) groups excluding carboxylic acids is 2. The zero-order chi connectivity index (χ0) is 20.8. The van der Waals surface area contributed by atoms with Gasteiger partial charge in [-0.1, -0.05) is 29.8 Å². The molecule has 0 unspecified atom stereocenters. The van der Waals surface area contributed by atoms with Crippen molar-refractivity contribution in [2.75, 3.05) is 19.8 Å². The standard InChI is InChI=1S/C24H29NO4/c1-4-28-22-14-19-12-13-25(16-20(19)15-23(22)29-5-2)24(27)11-10-21(26)18-8-6-17(3)7-9-18/h6-9,14-15H,4-5,10-13,16H2,1-3H3. The fraction of sp³-hybridized carbons (Fsp3) is 0.417. The summed E-state index contributed by atoms with van der Waals surface area (Å²) in [5.41, 5.74) is 4.05. The molecule has 0 aliphatic carbocycles. The lowest BCUT2D eigenvalue weighted by molar-refractivity contribution is -0.132. The summed E-state index contributed by atoms with van der Waals surface area (Å²) in [5.74, 6) is 1.51. The second-order valence-corrected chi connectivity index (χ2v) is 7.29. The summed E-state index contributed by atoms with van der Waals surface area (Å²) in [6, 6.07) is 11.5. The molecule has 0 fully saturated rings. The zero-order valence-electron chi connectivity index (χ0n) is 17.5. The van der Waals surface area contributed by atoms with Crippen LogP contribution >= 0.6 is 0 Å². The number of nitrogens with zero attached hydrogens (tertiary/aromatic N) is 1. The number of ether oxygens (including phenoxy) is 2. The lowest BCUT2D eigenvalue weighted by Gasteiger charge is -2.30. The maximum absolute atomic E-state index is 12.7. The summed E-state index contributed by atoms with van der Waals surface area (Å²) in [7, 11) is 0. The monoisotopic (exact) mass is 395 g/mol. The summed E-state index contributed by atoms with van der Waals surface area (Å²) in [6.07, 6.45) is 1.25. The van der Waals surface area contributed by atoms with Crippen LogP contribution in [0, 0.1) is 6.92 Å². The number of Topliss-reactive ketones (excluding diaryl/α,β-unsaturated/α-hetero) is 1. The summed E-state index contributed by atoms with van der Waals surface area (Å²) in [6.45, 7) is 8.22. The average Bonchev–Trinajstić information content (AvgIpc) is 2.72. The Morgan fingerprint density at radius 2 is 1.55 bits per heavy atom. The van der Waals surface area contributed by atoms with E-state index in [2.05, 4.69) is 0 Å². The quantitative estimate of drug-likeness (QED) is 0.624. The molecular weight excluding hydrogens is 366 g/mol. The predicted octanol–water partition coefficient (Wildman–Crippen LogP) is 4.34. The molecule has 1 amide bonds. The largest absolute Gasteiger partial charge is 0.490 e. The molecule has 1 aliphatic rings. The van der Waals surface area contributed by atoms with E-state index in [-0.39, 0.29) is 24.5 Å². The van der Waals surface area contributed by atoms with E-state index in [1.54, 1.807) is 0 Å². The van der Waals surface area contributed by atoms with Crippen LogP contribution in [0.25, 0.3) is 0 Å². The van der Waals surface area contributed by atoms with Gasteiger partial charge in [0, 0.05) is 31.5 Å². The first-order valence-electron chi connectivity index (χ1n) is 10.3. The Bertz CT molecular complexity index is 873. The van der Waals surface area contributed by atoms with Crippen LogP contribution in [0.3, 0.4) is 0 Å². The molecule has 0 spiro atoms. The first-order chi connectivity index (χ1) is 14.0. The van der Waals surface area contributed by atoms with Crippen LogP contribution in [0.2, 0.25) is 0 Å². The average molecular weight is 395 g/mol. The van der Waals surface area contributed by atoms with Gasteiger partial charge in [0.1, 0.15) is 0 Å². The van der Waals surface area contributed by atoms with Crippen LogP contribution in [0.1, 0.15) is 53.7 Å². The minimum atomic E-state index is 0.00995. The van der Waals surface area contributed by atoms with Crippen molar-refractivity contribution in [3.63, 3.8) is 0 Å². The molecule has 0 N–H and O–H groups in total. The summed E-state index contributed by atoms with van der Waals surface area (Å²) < 4.78 is 11.4. The van der Waals surface area contributed by atoms with Gasteiger partial charge in [-0.25, -0.2) is 0 Å². The van der Waals surface area contributed by atoms with E-state index >= 15 is 0 Å². The van der Waals surface area contributed by atoms with Gasteiger partial charge in [0.15, 0.2) is 17.3 Å². The van der Waals surface area contributed by atoms with Gasteiger partial charge in [0.05, 0.1) is 13.2 Å². The number of amides is 1. The van der Waals surface area contributed by atoms with Crippen molar-refractivity contribution >= 4 is 11.7 Å². The Morgan fingerprint density at radius 1 is 0.931 bits per heavy atom. The third kappa shape index (κ3) is 5.17. The van der Waals surface area contributed by atoms with E-state index in [0.29, 0.717) is 31.9 Å². The van der Waals surface area contributed by atoms with Crippen LogP contribution in [-0.2, 0) is 17.8 Å². The second-order valence-electron chi connectivity index (χ2n) is 7.29. The van der Waals surface area contributed by atoms with E-state index in [1.807, 2.05) is 62.1 Å². The number of ketones is 1. The van der Waals surface area contributed by atoms with E-state index in [0.717, 1.165) is 29.0 Å². The molecule has 0 saturated heterocycles. The molecule has 0 atom stereocenters. The molecule has 154 valence electrons. The molecule has 0 radical (unpaired) electrons. The van der Waals surface area contributed by atoms with Crippen molar-refractivity contribution in [1.82, 2.24) is 4.90 Å². The van der Waals surface area contributed by atoms with Gasteiger partial charge >= 0.3 is 0 Å². The molecule has 29 heavy (non-hydrogen) atoms. The van der Waals surface area contributed by atoms with Gasteiger partial charge in [0.2, 0.25) is 5.91 Å². The molecule has 2 aromatic rings. The maximum Gasteiger partial charge on any atom is 0.223 e. The highest BCUT2D eigenvalue weighted by atomic mass is 16.5. The molecule has 0 aromatic heterocycles. The Morgan fingerprint density at radius 3 is 2.17 bits per heavy atom. The van der Waals surface area contributed by atoms with Crippen molar-refractivity contribution in [3.8, 4) is 11.5 Å². The molecule has 1 aliphatic heterocycles. The Hall–Kier alpha value is -2.82. The Kier molecular flexibility index (Phi) is 6.91. The van der Waals surface area contributed by atoms with Crippen molar-refractivity contribution < 1.29 is 19.1 Å². The van der Waals surface area contributed by atoms with Gasteiger partial charge in [-0.15, -0.1) is 0 Å². The normalized spacial score (nSPS) is 13.0. The SMILES string of the molecule is CCOc1cc2c(cc1OCC)CN(C(=O)CCC(=O)c1ccc(C)cc1)CC2. The van der Waals surface area contributed by atoms with Crippen molar-refractivity contribution in [1.29, 1.82) is 0 Å². The Labute approximate surface area is 172 Å². The number of hydrogen-bond donors (Lipinski definition) is 0. The first-order valence-corrected chi connectivity index (χ1v) is 10.3. The highest BCUT2D eigenvalue weighted by Crippen LogP contribution is 2.34. The number of benzene rings is 2. The van der Waals surface area contributed by atoms with Crippen molar-refractivity contribution in [2.45, 2.75) is 46.6 Å². The van der Waals surface area contributed by atoms with Crippen LogP contribution in [0.5, 0.6) is 11.5 Å². The fourth-order valence-electron chi connectivity index (χ4n) is 3.58. The Balaban J connectivity index is 1.63. The molecule has 2 aromatic carbocycles. The summed E-state index contributed by atoms with van der Waals surface area (Å²) in [4.78, 5) is 26.9. The van der Waals surface area contributed by atoms with Crippen LogP contribution in [-0.4, -0.2) is 36.3 Å². The molecule has 0 bridgehead atoms. The van der Waals surface area contributed by atoms with Crippen LogP contribution < -0.4 is 9.47 Å². The highest BCUT2D eigenvalue weighted by Gasteiger charge is 2.23. The number of carbonyl (C=O) groups is 2. The van der Waals surface area contributed by atoms with Crippen molar-refractivity contribution in [3.05, 3.63) is 58.7 Å². The van der Waals surface area contributed by atoms with E-state index in [4.69, 9.17) is 9.47 Å². The summed E-state index contributed by atoms with van der Waals surface area (Å²) >= 11 is 0. The predicted molar refractivity (Wildman–Crippen MR) is 113 cm³/mol. The molecule has 1 heterocycles. The van der Waals surface area contributed by atoms with Gasteiger partial charge in [-0.05, 0) is 50.5 Å². The third-order valence-electron chi connectivity index (χ3n) is 5.17. The minimum absolute atomic E-state index is 0.00995. The molecular formula is C24H29NO4. The van der Waals surface area contributed by atoms with Gasteiger partial charge in [0.25, 0.3) is 0 Å². The smallest absolute Gasteiger partial charge is 0.223 e. The summed E-state index contributed by atoms with van der Waals surface area (Å²) in [5, 5.41) is 0. The number of rotatable bonds is 8. The minimum Gasteiger partial charge on any atom is -0.490 e. The second kappa shape index (κ2) is 9.59. The van der Waals surface area contributed by atoms with Gasteiger partial charge in [-0.2, -0.15) is 0 Å². The topological polar surface area (TPSA) is 55.8 Å². The molecule has 5 heteroatoms. The zero-order valence-corrected chi connectivity index (χ0v) is 17.5. The van der Waals surface area contributed by atoms with Crippen LogP contribution in [0.15, 0.2) is 36.4 Å². The number of hydrogen-bond acceptors (Lipinski definition) is 4. The lowest BCUT2D eigenvalue weighted by atomic mass is 9.98. The first kappa shape index (κ1) is 20.9. The number of aryl methyl sites for hydroxylation is 1. The van der Waals surface area contributed by atoms with Crippen LogP contribution in [0.4, 0.5) is 0 Å². The van der Waals surface area contributed by atoms with E-state index in [9.17, 15) is 9.59 Å². The van der Waals surface area contributed by atoms with Crippen molar-refractivity contribution in [2.24, 2.45) is 0 Å². The van der Waals surface area contributed by atoms with E-state index in [1.165, 1.54) is 5.56 Å². The third-order valence-corrected chi connectivity index (χ3v) is 5.17. The fourth-order valence-corrected chi connectivity index (χ4v) is 3.58. The highest BCUT2D eigenvalue weighted by molar-refractivity contribution is 5.98. The molecule has 0 saturated carbocycles. The molecule has 3 rings (SSSR count). The molecule has 5 nitrogen and oxygen atoms in total. The van der Waals surface area contributed by atoms with E-state index < -0.39 is 0 Å². The van der Waals surface area contributed by atoms with Gasteiger partial charge in [-0.3, -0.25) is 9.59 Å².